The van der Waals surface area contributed by atoms with Crippen LogP contribution in [0, 0.1) is 0 Å². The zero-order valence-corrected chi connectivity index (χ0v) is 10.3. The van der Waals surface area contributed by atoms with Crippen molar-refractivity contribution < 1.29 is 4.74 Å². The fourth-order valence-electron chi connectivity index (χ4n) is 0.816. The van der Waals surface area contributed by atoms with Crippen LogP contribution in [0.5, 0.6) is 0 Å². The van der Waals surface area contributed by atoms with Crippen molar-refractivity contribution in [1.29, 1.82) is 0 Å². The maximum Gasteiger partial charge on any atom is 0.264 e. The molecule has 72 valence electrons. The highest BCUT2D eigenvalue weighted by molar-refractivity contribution is 7.34. The summed E-state index contributed by atoms with van der Waals surface area (Å²) in [5.41, 5.74) is 1.09. The molecule has 0 aliphatic rings. The van der Waals surface area contributed by atoms with Crippen LogP contribution in [0.4, 0.5) is 0 Å². The third kappa shape index (κ3) is 6.06. The Morgan fingerprint density at radius 1 is 1.58 bits per heavy atom. The lowest BCUT2D eigenvalue weighted by Gasteiger charge is -2.16. The number of ether oxygens (including phenoxy) is 1. The number of halogens is 2. The number of hydrogen-bond donors (Lipinski definition) is 0. The molecule has 4 heteroatoms. The van der Waals surface area contributed by atoms with Crippen LogP contribution in [0.3, 0.4) is 0 Å². The van der Waals surface area contributed by atoms with Gasteiger partial charge in [0.2, 0.25) is 0 Å². The van der Waals surface area contributed by atoms with E-state index in [0.717, 1.165) is 18.4 Å². The van der Waals surface area contributed by atoms with E-state index in [1.165, 1.54) is 0 Å². The van der Waals surface area contributed by atoms with Gasteiger partial charge in [0.25, 0.3) is 7.42 Å². The highest BCUT2D eigenvalue weighted by Crippen LogP contribution is 2.13. The van der Waals surface area contributed by atoms with E-state index in [1.807, 2.05) is 6.92 Å². The van der Waals surface area contributed by atoms with Gasteiger partial charge in [0, 0.05) is 0 Å². The van der Waals surface area contributed by atoms with Crippen molar-refractivity contribution in [3.8, 4) is 0 Å². The predicted molar refractivity (Wildman–Crippen MR) is 58.3 cm³/mol. The quantitative estimate of drug-likeness (QED) is 0.385. The zero-order valence-electron chi connectivity index (χ0n) is 7.65. The summed E-state index contributed by atoms with van der Waals surface area (Å²) in [5.74, 6) is 0. The SMILES string of the molecule is C=C(C)CO[C@H](CCC)[SiH](Cl)Cl. The molecule has 0 unspecified atom stereocenters. The standard InChI is InChI=1S/C8H16Cl2OSi/c1-4-5-8(12(9)10)11-6-7(2)3/h8,12H,2,4-6H2,1,3H3/t8-/m0/s1. The summed E-state index contributed by atoms with van der Waals surface area (Å²) in [6.07, 6.45) is 2.01. The van der Waals surface area contributed by atoms with Crippen LogP contribution in [-0.4, -0.2) is 19.8 Å². The molecule has 0 bridgehead atoms. The highest BCUT2D eigenvalue weighted by Gasteiger charge is 2.18. The second-order valence-corrected chi connectivity index (χ2v) is 7.83. The smallest absolute Gasteiger partial charge is 0.264 e. The Kier molecular flexibility index (Phi) is 7.24. The molecule has 1 atom stereocenters. The van der Waals surface area contributed by atoms with Crippen LogP contribution in [-0.2, 0) is 4.74 Å². The van der Waals surface area contributed by atoms with E-state index in [1.54, 1.807) is 0 Å². The Bertz CT molecular complexity index is 139. The van der Waals surface area contributed by atoms with E-state index in [0.29, 0.717) is 6.61 Å². The lowest BCUT2D eigenvalue weighted by Crippen LogP contribution is -2.25. The van der Waals surface area contributed by atoms with Crippen LogP contribution >= 0.6 is 22.2 Å². The van der Waals surface area contributed by atoms with Gasteiger partial charge >= 0.3 is 0 Å². The Hall–Kier alpha value is 0.497. The normalized spacial score (nSPS) is 13.4. The Morgan fingerprint density at radius 3 is 2.50 bits per heavy atom. The maximum absolute atomic E-state index is 5.86. The second-order valence-electron chi connectivity index (χ2n) is 2.93. The van der Waals surface area contributed by atoms with E-state index in [-0.39, 0.29) is 5.73 Å². The molecule has 0 amide bonds. The third-order valence-corrected chi connectivity index (χ3v) is 4.17. The van der Waals surface area contributed by atoms with Crippen molar-refractivity contribution in [2.24, 2.45) is 0 Å². The van der Waals surface area contributed by atoms with E-state index >= 15 is 0 Å². The molecule has 0 aromatic rings. The van der Waals surface area contributed by atoms with Crippen molar-refractivity contribution in [1.82, 2.24) is 0 Å². The van der Waals surface area contributed by atoms with Crippen molar-refractivity contribution in [2.75, 3.05) is 6.61 Å². The number of hydrogen-bond acceptors (Lipinski definition) is 1. The van der Waals surface area contributed by atoms with Gasteiger partial charge in [-0.05, 0) is 13.3 Å². The second kappa shape index (κ2) is 6.95. The average molecular weight is 227 g/mol. The minimum Gasteiger partial charge on any atom is -0.375 e. The zero-order chi connectivity index (χ0) is 9.56. The first-order valence-corrected chi connectivity index (χ1v) is 8.27. The molecule has 0 heterocycles. The lowest BCUT2D eigenvalue weighted by atomic mass is 10.3. The van der Waals surface area contributed by atoms with E-state index in [2.05, 4.69) is 13.5 Å². The van der Waals surface area contributed by atoms with Gasteiger partial charge in [0.15, 0.2) is 0 Å². The predicted octanol–water partition coefficient (Wildman–Crippen LogP) is 2.99. The van der Waals surface area contributed by atoms with Crippen LogP contribution in [0.1, 0.15) is 26.7 Å². The van der Waals surface area contributed by atoms with Gasteiger partial charge in [0.1, 0.15) is 0 Å². The summed E-state index contributed by atoms with van der Waals surface area (Å²) in [5, 5.41) is 0. The van der Waals surface area contributed by atoms with Crippen molar-refractivity contribution >= 4 is 29.6 Å². The Morgan fingerprint density at radius 2 is 2.17 bits per heavy atom. The minimum atomic E-state index is -1.68. The van der Waals surface area contributed by atoms with Gasteiger partial charge in [-0.2, -0.15) is 0 Å². The Labute approximate surface area is 85.7 Å². The fraction of sp³-hybridized carbons (Fsp3) is 0.750. The van der Waals surface area contributed by atoms with Crippen LogP contribution < -0.4 is 0 Å². The Balaban J connectivity index is 3.70. The molecule has 0 aliphatic heterocycles. The topological polar surface area (TPSA) is 9.23 Å². The largest absolute Gasteiger partial charge is 0.375 e. The van der Waals surface area contributed by atoms with E-state index in [9.17, 15) is 0 Å². The van der Waals surface area contributed by atoms with E-state index < -0.39 is 7.42 Å². The van der Waals surface area contributed by atoms with Gasteiger partial charge in [-0.15, -0.1) is 22.2 Å². The molecule has 12 heavy (non-hydrogen) atoms. The molecule has 1 nitrogen and oxygen atoms in total. The van der Waals surface area contributed by atoms with Crippen LogP contribution in [0.15, 0.2) is 12.2 Å². The van der Waals surface area contributed by atoms with Gasteiger partial charge < -0.3 is 4.74 Å². The molecular formula is C8H16Cl2OSi. The van der Waals surface area contributed by atoms with Gasteiger partial charge in [-0.3, -0.25) is 0 Å². The van der Waals surface area contributed by atoms with Crippen molar-refractivity contribution in [3.05, 3.63) is 12.2 Å². The van der Waals surface area contributed by atoms with Crippen LogP contribution in [0.25, 0.3) is 0 Å². The molecule has 0 N–H and O–H groups in total. The highest BCUT2D eigenvalue weighted by atomic mass is 35.7. The van der Waals surface area contributed by atoms with Crippen molar-refractivity contribution in [3.63, 3.8) is 0 Å². The molecule has 0 radical (unpaired) electrons. The summed E-state index contributed by atoms with van der Waals surface area (Å²) < 4.78 is 5.50. The molecule has 0 rings (SSSR count). The third-order valence-electron chi connectivity index (χ3n) is 1.40. The first-order chi connectivity index (χ1) is 5.57. The number of rotatable bonds is 6. The minimum absolute atomic E-state index is 0.0787. The monoisotopic (exact) mass is 226 g/mol. The summed E-state index contributed by atoms with van der Waals surface area (Å²) in [6.45, 7) is 8.36. The summed E-state index contributed by atoms with van der Waals surface area (Å²) in [4.78, 5) is 0. The van der Waals surface area contributed by atoms with Crippen LogP contribution in [0.2, 0.25) is 0 Å². The molecule has 0 fully saturated rings. The fourth-order valence-corrected chi connectivity index (χ4v) is 2.84. The lowest BCUT2D eigenvalue weighted by molar-refractivity contribution is 0.119. The first kappa shape index (κ1) is 12.5. The molecule has 0 saturated carbocycles. The molecular weight excluding hydrogens is 211 g/mol. The summed E-state index contributed by atoms with van der Waals surface area (Å²) in [7, 11) is -1.68. The van der Waals surface area contributed by atoms with Gasteiger partial charge in [0.05, 0.1) is 12.3 Å². The average Bonchev–Trinajstić information content (AvgIpc) is 1.96. The summed E-state index contributed by atoms with van der Waals surface area (Å²) in [6, 6.07) is 0. The molecule has 0 aliphatic carbocycles. The maximum atomic E-state index is 5.86. The van der Waals surface area contributed by atoms with E-state index in [4.69, 9.17) is 26.9 Å². The van der Waals surface area contributed by atoms with Gasteiger partial charge in [-0.25, -0.2) is 0 Å². The summed E-state index contributed by atoms with van der Waals surface area (Å²) >= 11 is 11.7. The molecule has 0 aromatic carbocycles. The molecule has 0 spiro atoms. The van der Waals surface area contributed by atoms with Crippen molar-refractivity contribution in [2.45, 2.75) is 32.4 Å². The molecule has 0 saturated heterocycles. The molecule has 0 aromatic heterocycles. The van der Waals surface area contributed by atoms with Gasteiger partial charge in [-0.1, -0.05) is 25.5 Å². The first-order valence-electron chi connectivity index (χ1n) is 4.12.